The molecule has 10 heteroatoms. The second-order valence-electron chi connectivity index (χ2n) is 9.65. The standard InChI is InChI=1S/C28H30N4O6/c1-38-24-8-4-7-20-19(24)14-22(30-20)28(37)32-12-10-16-5-2-3-6-18(16)25(32)27(36)31-21(23(34)15-33)13-17-9-11-29-26(17)35/h2-8,14,17,21,25,30,33H,9-13,15H2,1H3,(H,29,35)(H,31,36)/t17-,21?,25-/m0/s1. The van der Waals surface area contributed by atoms with Crippen LogP contribution >= 0.6 is 0 Å². The highest BCUT2D eigenvalue weighted by atomic mass is 16.5. The first-order chi connectivity index (χ1) is 18.4. The third-order valence-corrected chi connectivity index (χ3v) is 7.41. The summed E-state index contributed by atoms with van der Waals surface area (Å²) in [7, 11) is 1.56. The molecule has 1 aromatic heterocycles. The van der Waals surface area contributed by atoms with Crippen molar-refractivity contribution in [3.8, 4) is 5.75 Å². The highest BCUT2D eigenvalue weighted by Crippen LogP contribution is 2.33. The van der Waals surface area contributed by atoms with Crippen molar-refractivity contribution in [3.05, 3.63) is 65.4 Å². The number of carbonyl (C=O) groups excluding carboxylic acids is 4. The Morgan fingerprint density at radius 3 is 2.74 bits per heavy atom. The van der Waals surface area contributed by atoms with Gasteiger partial charge in [0.05, 0.1) is 13.2 Å². The quantitative estimate of drug-likeness (QED) is 0.356. The fraction of sp³-hybridized carbons (Fsp3) is 0.357. The number of fused-ring (bicyclic) bond motifs is 2. The van der Waals surface area contributed by atoms with Crippen LogP contribution in [0.2, 0.25) is 0 Å². The highest BCUT2D eigenvalue weighted by Gasteiger charge is 2.39. The second kappa shape index (κ2) is 10.7. The summed E-state index contributed by atoms with van der Waals surface area (Å²) in [5, 5.41) is 15.8. The Morgan fingerprint density at radius 1 is 1.18 bits per heavy atom. The number of hydrogen-bond acceptors (Lipinski definition) is 6. The number of aromatic amines is 1. The average molecular weight is 519 g/mol. The normalized spacial score (nSPS) is 19.5. The minimum Gasteiger partial charge on any atom is -0.496 e. The molecule has 10 nitrogen and oxygen atoms in total. The van der Waals surface area contributed by atoms with Gasteiger partial charge < -0.3 is 30.4 Å². The van der Waals surface area contributed by atoms with E-state index >= 15 is 0 Å². The minimum absolute atomic E-state index is 0.0844. The van der Waals surface area contributed by atoms with Crippen LogP contribution in [-0.4, -0.2) is 71.3 Å². The predicted octanol–water partition coefficient (Wildman–Crippen LogP) is 1.49. The molecule has 3 atom stereocenters. The Balaban J connectivity index is 1.46. The van der Waals surface area contributed by atoms with Crippen LogP contribution in [0.3, 0.4) is 0 Å². The maximum absolute atomic E-state index is 13.8. The largest absolute Gasteiger partial charge is 0.496 e. The number of rotatable bonds is 8. The number of Topliss-reactive ketones (excluding diaryl/α,β-unsaturated/α-hetero) is 1. The molecule has 2 aromatic carbocycles. The van der Waals surface area contributed by atoms with E-state index in [-0.39, 0.29) is 18.2 Å². The lowest BCUT2D eigenvalue weighted by molar-refractivity contribution is -0.133. The van der Waals surface area contributed by atoms with E-state index in [1.54, 1.807) is 31.4 Å². The molecular formula is C28H30N4O6. The Labute approximate surface area is 219 Å². The summed E-state index contributed by atoms with van der Waals surface area (Å²) in [4.78, 5) is 56.9. The van der Waals surface area contributed by atoms with Gasteiger partial charge in [-0.3, -0.25) is 19.2 Å². The summed E-state index contributed by atoms with van der Waals surface area (Å²) in [6.07, 6.45) is 1.20. The topological polar surface area (TPSA) is 141 Å². The molecule has 0 saturated carbocycles. The van der Waals surface area contributed by atoms with E-state index < -0.39 is 36.3 Å². The molecule has 0 spiro atoms. The van der Waals surface area contributed by atoms with Crippen LogP contribution in [0.5, 0.6) is 5.75 Å². The lowest BCUT2D eigenvalue weighted by Crippen LogP contribution is -2.52. The summed E-state index contributed by atoms with van der Waals surface area (Å²) in [6.45, 7) is 0.0369. The fourth-order valence-electron chi connectivity index (χ4n) is 5.43. The molecule has 5 rings (SSSR count). The van der Waals surface area contributed by atoms with Crippen LogP contribution in [0.25, 0.3) is 10.9 Å². The molecule has 198 valence electrons. The van der Waals surface area contributed by atoms with Crippen LogP contribution < -0.4 is 15.4 Å². The summed E-state index contributed by atoms with van der Waals surface area (Å²) in [5.41, 5.74) is 2.66. The molecule has 4 N–H and O–H groups in total. The third-order valence-electron chi connectivity index (χ3n) is 7.41. The molecule has 1 fully saturated rings. The monoisotopic (exact) mass is 518 g/mol. The number of aliphatic hydroxyl groups excluding tert-OH is 1. The van der Waals surface area contributed by atoms with E-state index in [0.29, 0.717) is 42.9 Å². The van der Waals surface area contributed by atoms with Crippen molar-refractivity contribution in [2.24, 2.45) is 5.92 Å². The van der Waals surface area contributed by atoms with Crippen LogP contribution in [0.15, 0.2) is 48.5 Å². The molecule has 1 saturated heterocycles. The molecule has 3 amide bonds. The summed E-state index contributed by atoms with van der Waals surface area (Å²) < 4.78 is 5.42. The molecule has 1 unspecified atom stereocenters. The van der Waals surface area contributed by atoms with Gasteiger partial charge >= 0.3 is 0 Å². The molecule has 2 aliphatic heterocycles. The molecule has 3 heterocycles. The summed E-state index contributed by atoms with van der Waals surface area (Å²) >= 11 is 0. The Kier molecular flexibility index (Phi) is 7.15. The van der Waals surface area contributed by atoms with Gasteiger partial charge in [-0.05, 0) is 48.6 Å². The number of benzene rings is 2. The summed E-state index contributed by atoms with van der Waals surface area (Å²) in [6, 6.07) is 12.6. The molecule has 38 heavy (non-hydrogen) atoms. The van der Waals surface area contributed by atoms with Gasteiger partial charge in [-0.2, -0.15) is 0 Å². The zero-order chi connectivity index (χ0) is 26.8. The SMILES string of the molecule is COc1cccc2[nH]c(C(=O)N3CCc4ccccc4[C@H]3C(=O)NC(C[C@@H]3CCNC3=O)C(=O)CO)cc12. The van der Waals surface area contributed by atoms with Crippen LogP contribution in [0.4, 0.5) is 0 Å². The van der Waals surface area contributed by atoms with Gasteiger partial charge in [-0.1, -0.05) is 30.3 Å². The van der Waals surface area contributed by atoms with Crippen LogP contribution in [0, 0.1) is 5.92 Å². The Hall–Kier alpha value is -4.18. The van der Waals surface area contributed by atoms with Crippen molar-refractivity contribution in [2.75, 3.05) is 26.8 Å². The van der Waals surface area contributed by atoms with Gasteiger partial charge in [0.15, 0.2) is 5.78 Å². The first kappa shape index (κ1) is 25.5. The number of ether oxygens (including phenoxy) is 1. The Bertz CT molecular complexity index is 1400. The second-order valence-corrected chi connectivity index (χ2v) is 9.65. The molecule has 3 aromatic rings. The van der Waals surface area contributed by atoms with Gasteiger partial charge in [0.1, 0.15) is 24.1 Å². The summed E-state index contributed by atoms with van der Waals surface area (Å²) in [5.74, 6) is -1.47. The number of carbonyl (C=O) groups is 4. The maximum Gasteiger partial charge on any atom is 0.271 e. The van der Waals surface area contributed by atoms with Gasteiger partial charge in [0.2, 0.25) is 11.8 Å². The Morgan fingerprint density at radius 2 is 2.00 bits per heavy atom. The van der Waals surface area contributed by atoms with Gasteiger partial charge in [0, 0.05) is 29.9 Å². The number of aliphatic hydroxyl groups is 1. The minimum atomic E-state index is -1.05. The lowest BCUT2D eigenvalue weighted by atomic mass is 9.90. The number of ketones is 1. The van der Waals surface area contributed by atoms with Gasteiger partial charge in [0.25, 0.3) is 5.91 Å². The number of hydrogen-bond donors (Lipinski definition) is 4. The van der Waals surface area contributed by atoms with Crippen molar-refractivity contribution >= 4 is 34.4 Å². The fourth-order valence-corrected chi connectivity index (χ4v) is 5.43. The smallest absolute Gasteiger partial charge is 0.271 e. The van der Waals surface area contributed by atoms with Crippen molar-refractivity contribution < 1.29 is 29.0 Å². The number of nitrogens with zero attached hydrogens (tertiary/aromatic N) is 1. The van der Waals surface area contributed by atoms with E-state index in [4.69, 9.17) is 4.74 Å². The zero-order valence-corrected chi connectivity index (χ0v) is 21.0. The molecule has 0 radical (unpaired) electrons. The number of methoxy groups -OCH3 is 1. The van der Waals surface area contributed by atoms with Crippen molar-refractivity contribution in [3.63, 3.8) is 0 Å². The number of nitrogens with one attached hydrogen (secondary N) is 3. The molecule has 0 aliphatic carbocycles. The zero-order valence-electron chi connectivity index (χ0n) is 21.0. The first-order valence-corrected chi connectivity index (χ1v) is 12.7. The van der Waals surface area contributed by atoms with Gasteiger partial charge in [-0.25, -0.2) is 0 Å². The first-order valence-electron chi connectivity index (χ1n) is 12.7. The van der Waals surface area contributed by atoms with Crippen molar-refractivity contribution in [1.82, 2.24) is 20.5 Å². The maximum atomic E-state index is 13.8. The number of H-pyrrole nitrogens is 1. The van der Waals surface area contributed by atoms with E-state index in [1.165, 1.54) is 4.90 Å². The lowest BCUT2D eigenvalue weighted by Gasteiger charge is -2.37. The van der Waals surface area contributed by atoms with E-state index in [9.17, 15) is 24.3 Å². The van der Waals surface area contributed by atoms with Crippen molar-refractivity contribution in [1.29, 1.82) is 0 Å². The average Bonchev–Trinajstić information content (AvgIpc) is 3.56. The molecule has 2 aliphatic rings. The highest BCUT2D eigenvalue weighted by molar-refractivity contribution is 6.02. The molecule has 0 bridgehead atoms. The van der Waals surface area contributed by atoms with E-state index in [2.05, 4.69) is 15.6 Å². The van der Waals surface area contributed by atoms with E-state index in [0.717, 1.165) is 16.5 Å². The number of amides is 3. The number of aromatic nitrogens is 1. The third kappa shape index (κ3) is 4.74. The van der Waals surface area contributed by atoms with Crippen LogP contribution in [-0.2, 0) is 20.8 Å². The van der Waals surface area contributed by atoms with Crippen molar-refractivity contribution in [2.45, 2.75) is 31.3 Å². The van der Waals surface area contributed by atoms with E-state index in [1.807, 2.05) is 24.3 Å². The van der Waals surface area contributed by atoms with Crippen LogP contribution in [0.1, 0.15) is 40.5 Å². The molecular weight excluding hydrogens is 488 g/mol. The van der Waals surface area contributed by atoms with Gasteiger partial charge in [-0.15, -0.1) is 0 Å². The predicted molar refractivity (Wildman–Crippen MR) is 139 cm³/mol.